The minimum Gasteiger partial charge on any atom is -0.496 e. The first-order chi connectivity index (χ1) is 17.0. The lowest BCUT2D eigenvalue weighted by molar-refractivity contribution is 0.0779. The van der Waals surface area contributed by atoms with E-state index in [0.717, 1.165) is 58.0 Å². The number of pyridine rings is 1. The summed E-state index contributed by atoms with van der Waals surface area (Å²) in [5.41, 5.74) is 0.873. The number of urea groups is 1. The number of ether oxygens (including phenoxy) is 2. The molecule has 1 aromatic carbocycles. The zero-order valence-corrected chi connectivity index (χ0v) is 20.5. The fourth-order valence-corrected chi connectivity index (χ4v) is 4.42. The zero-order valence-electron chi connectivity index (χ0n) is 20.5. The van der Waals surface area contributed by atoms with Crippen molar-refractivity contribution in [1.29, 1.82) is 0 Å². The Morgan fingerprint density at radius 2 is 1.80 bits per heavy atom. The lowest BCUT2D eigenvalue weighted by Crippen LogP contribution is -2.29. The van der Waals surface area contributed by atoms with Crippen LogP contribution in [-0.2, 0) is 0 Å². The van der Waals surface area contributed by atoms with Gasteiger partial charge in [0.05, 0.1) is 14.2 Å². The molecule has 0 spiro atoms. The molecule has 2 heterocycles. The molecule has 0 bridgehead atoms. The van der Waals surface area contributed by atoms with Crippen LogP contribution in [0.1, 0.15) is 55.3 Å². The first-order valence-electron chi connectivity index (χ1n) is 12.2. The molecule has 9 heteroatoms. The van der Waals surface area contributed by atoms with E-state index >= 15 is 0 Å². The van der Waals surface area contributed by atoms with Crippen molar-refractivity contribution < 1.29 is 23.5 Å². The number of methoxy groups -OCH3 is 2. The molecule has 0 saturated carbocycles. The van der Waals surface area contributed by atoms with Crippen LogP contribution in [0, 0.1) is 11.9 Å². The third-order valence-electron chi connectivity index (χ3n) is 6.27. The molecule has 0 aliphatic carbocycles. The molecule has 3 amide bonds. The minimum atomic E-state index is -0.628. The Morgan fingerprint density at radius 1 is 1.09 bits per heavy atom. The van der Waals surface area contributed by atoms with Crippen LogP contribution in [0.4, 0.5) is 14.9 Å². The molecule has 190 valence electrons. The number of nitrogens with one attached hydrogen (secondary N) is 2. The van der Waals surface area contributed by atoms with Crippen molar-refractivity contribution in [2.75, 3.05) is 39.2 Å². The SMILES string of the molecule is COc1cccc(OC)c1C(=O)N1CCC(CCCCCCCNC(=O)Nc2ccnc(F)c2)C1. The standard InChI is InChI=1S/C26H35FN4O4/c1-34-21-10-8-11-22(35-2)24(21)25(32)31-16-13-19(18-31)9-6-4-3-5-7-14-29-26(33)30-20-12-15-28-23(27)17-20/h8,10-12,15,17,19H,3-7,9,13-14,16,18H2,1-2H3,(H2,28,29,30,33). The van der Waals surface area contributed by atoms with E-state index in [-0.39, 0.29) is 11.9 Å². The van der Waals surface area contributed by atoms with E-state index in [2.05, 4.69) is 15.6 Å². The number of amides is 3. The molecule has 1 aliphatic rings. The second-order valence-corrected chi connectivity index (χ2v) is 8.75. The summed E-state index contributed by atoms with van der Waals surface area (Å²) in [5.74, 6) is 0.930. The maximum atomic E-state index is 13.1. The average molecular weight is 487 g/mol. The van der Waals surface area contributed by atoms with Gasteiger partial charge >= 0.3 is 6.03 Å². The van der Waals surface area contributed by atoms with Crippen LogP contribution in [-0.4, -0.2) is 55.7 Å². The van der Waals surface area contributed by atoms with Gasteiger partial charge in [0.2, 0.25) is 5.95 Å². The fourth-order valence-electron chi connectivity index (χ4n) is 4.42. The largest absolute Gasteiger partial charge is 0.496 e. The third-order valence-corrected chi connectivity index (χ3v) is 6.27. The average Bonchev–Trinajstić information content (AvgIpc) is 3.33. The first-order valence-corrected chi connectivity index (χ1v) is 12.2. The maximum absolute atomic E-state index is 13.1. The second-order valence-electron chi connectivity index (χ2n) is 8.75. The molecule has 3 rings (SSSR count). The van der Waals surface area contributed by atoms with Gasteiger partial charge in [-0.2, -0.15) is 4.39 Å². The van der Waals surface area contributed by atoms with Gasteiger partial charge in [0.25, 0.3) is 5.91 Å². The van der Waals surface area contributed by atoms with E-state index in [4.69, 9.17) is 9.47 Å². The van der Waals surface area contributed by atoms with Crippen LogP contribution in [0.25, 0.3) is 0 Å². The number of aromatic nitrogens is 1. The number of benzene rings is 1. The Morgan fingerprint density at radius 3 is 2.51 bits per heavy atom. The zero-order chi connectivity index (χ0) is 25.0. The van der Waals surface area contributed by atoms with Gasteiger partial charge in [0.1, 0.15) is 17.1 Å². The number of nitrogens with zero attached hydrogens (tertiary/aromatic N) is 2. The highest BCUT2D eigenvalue weighted by Gasteiger charge is 2.30. The molecule has 1 aliphatic heterocycles. The summed E-state index contributed by atoms with van der Waals surface area (Å²) in [6.07, 6.45) is 8.73. The predicted octanol–water partition coefficient (Wildman–Crippen LogP) is 4.86. The smallest absolute Gasteiger partial charge is 0.319 e. The van der Waals surface area contributed by atoms with Crippen LogP contribution in [0.2, 0.25) is 0 Å². The van der Waals surface area contributed by atoms with Crippen LogP contribution < -0.4 is 20.1 Å². The van der Waals surface area contributed by atoms with Gasteiger partial charge in [-0.1, -0.05) is 31.7 Å². The number of halogens is 1. The minimum absolute atomic E-state index is 0.0348. The number of anilines is 1. The molecule has 1 atom stereocenters. The number of rotatable bonds is 12. The predicted molar refractivity (Wildman–Crippen MR) is 132 cm³/mol. The van der Waals surface area contributed by atoms with Crippen LogP contribution in [0.15, 0.2) is 36.5 Å². The highest BCUT2D eigenvalue weighted by atomic mass is 19.1. The van der Waals surface area contributed by atoms with Crippen molar-refractivity contribution in [2.45, 2.75) is 44.9 Å². The highest BCUT2D eigenvalue weighted by Crippen LogP contribution is 2.32. The number of hydrogen-bond acceptors (Lipinski definition) is 5. The van der Waals surface area contributed by atoms with E-state index < -0.39 is 5.95 Å². The summed E-state index contributed by atoms with van der Waals surface area (Å²) >= 11 is 0. The molecule has 2 aromatic rings. The summed E-state index contributed by atoms with van der Waals surface area (Å²) in [4.78, 5) is 30.3. The van der Waals surface area contributed by atoms with E-state index in [1.165, 1.54) is 18.3 Å². The van der Waals surface area contributed by atoms with Crippen LogP contribution in [0.3, 0.4) is 0 Å². The summed E-state index contributed by atoms with van der Waals surface area (Å²) in [5, 5.41) is 5.37. The van der Waals surface area contributed by atoms with Gasteiger partial charge in [-0.05, 0) is 43.4 Å². The van der Waals surface area contributed by atoms with Gasteiger partial charge < -0.3 is 25.0 Å². The molecule has 1 saturated heterocycles. The van der Waals surface area contributed by atoms with Crippen molar-refractivity contribution in [1.82, 2.24) is 15.2 Å². The summed E-state index contributed by atoms with van der Waals surface area (Å²) in [6.45, 7) is 2.09. The maximum Gasteiger partial charge on any atom is 0.319 e. The number of likely N-dealkylation sites (tertiary alicyclic amines) is 1. The van der Waals surface area contributed by atoms with Crippen molar-refractivity contribution in [3.63, 3.8) is 0 Å². The van der Waals surface area contributed by atoms with E-state index in [0.29, 0.717) is 35.2 Å². The molecule has 1 unspecified atom stereocenters. The molecular formula is C26H35FN4O4. The topological polar surface area (TPSA) is 92.8 Å². The Hall–Kier alpha value is -3.36. The summed E-state index contributed by atoms with van der Waals surface area (Å²) in [7, 11) is 3.13. The number of carbonyl (C=O) groups excluding carboxylic acids is 2. The van der Waals surface area contributed by atoms with E-state index in [1.54, 1.807) is 26.4 Å². The fraction of sp³-hybridized carbons (Fsp3) is 0.500. The molecule has 35 heavy (non-hydrogen) atoms. The van der Waals surface area contributed by atoms with Crippen molar-refractivity contribution in [3.05, 3.63) is 48.0 Å². The lowest BCUT2D eigenvalue weighted by Gasteiger charge is -2.20. The number of hydrogen-bond donors (Lipinski definition) is 2. The van der Waals surface area contributed by atoms with E-state index in [9.17, 15) is 14.0 Å². The van der Waals surface area contributed by atoms with Crippen molar-refractivity contribution >= 4 is 17.6 Å². The second kappa shape index (κ2) is 13.5. The normalized spacial score (nSPS) is 15.1. The first kappa shape index (κ1) is 26.2. The monoisotopic (exact) mass is 486 g/mol. The number of unbranched alkanes of at least 4 members (excludes halogenated alkanes) is 4. The lowest BCUT2D eigenvalue weighted by atomic mass is 10.00. The Kier molecular flexibility index (Phi) is 10.1. The van der Waals surface area contributed by atoms with E-state index in [1.807, 2.05) is 11.0 Å². The highest BCUT2D eigenvalue weighted by molar-refractivity contribution is 5.99. The Labute approximate surface area is 206 Å². The quantitative estimate of drug-likeness (QED) is 0.330. The van der Waals surface area contributed by atoms with Crippen LogP contribution in [0.5, 0.6) is 11.5 Å². The number of carbonyl (C=O) groups is 2. The molecule has 8 nitrogen and oxygen atoms in total. The van der Waals surface area contributed by atoms with Gasteiger partial charge in [-0.15, -0.1) is 0 Å². The molecule has 1 fully saturated rings. The van der Waals surface area contributed by atoms with Crippen molar-refractivity contribution in [2.24, 2.45) is 5.92 Å². The van der Waals surface area contributed by atoms with Crippen molar-refractivity contribution in [3.8, 4) is 11.5 Å². The summed E-state index contributed by atoms with van der Waals surface area (Å²) < 4.78 is 23.8. The third kappa shape index (κ3) is 7.83. The van der Waals surface area contributed by atoms with Gasteiger partial charge in [0.15, 0.2) is 0 Å². The molecule has 2 N–H and O–H groups in total. The summed E-state index contributed by atoms with van der Waals surface area (Å²) in [6, 6.07) is 7.76. The Bertz CT molecular complexity index is 965. The molecule has 1 aromatic heterocycles. The van der Waals surface area contributed by atoms with Gasteiger partial charge in [-0.3, -0.25) is 4.79 Å². The van der Waals surface area contributed by atoms with Crippen LogP contribution >= 0.6 is 0 Å². The Balaban J connectivity index is 1.27. The molecule has 0 radical (unpaired) electrons. The van der Waals surface area contributed by atoms with Gasteiger partial charge in [-0.25, -0.2) is 9.78 Å². The molecular weight excluding hydrogens is 451 g/mol. The van der Waals surface area contributed by atoms with Gasteiger partial charge in [0, 0.05) is 37.6 Å².